The van der Waals surface area contributed by atoms with E-state index in [1.165, 1.54) is 35.5 Å². The summed E-state index contributed by atoms with van der Waals surface area (Å²) < 4.78 is 27.6. The first kappa shape index (κ1) is 16.0. The van der Waals surface area contributed by atoms with Gasteiger partial charge in [0.25, 0.3) is 15.9 Å². The van der Waals surface area contributed by atoms with Crippen LogP contribution in [0.2, 0.25) is 0 Å². The van der Waals surface area contributed by atoms with E-state index in [0.29, 0.717) is 16.8 Å². The van der Waals surface area contributed by atoms with E-state index in [0.717, 1.165) is 5.52 Å². The van der Waals surface area contributed by atoms with Gasteiger partial charge in [-0.1, -0.05) is 6.07 Å². The van der Waals surface area contributed by atoms with Gasteiger partial charge in [-0.15, -0.1) is 0 Å². The second-order valence-electron chi connectivity index (χ2n) is 5.43. The number of carbonyl (C=O) groups excluding carboxylic acids is 1. The van der Waals surface area contributed by atoms with Crippen molar-refractivity contribution >= 4 is 32.7 Å². The number of imidazole rings is 1. The number of hydrogen-bond acceptors (Lipinski definition) is 4. The van der Waals surface area contributed by atoms with Crippen molar-refractivity contribution < 1.29 is 13.2 Å². The highest BCUT2D eigenvalue weighted by molar-refractivity contribution is 7.92. The lowest BCUT2D eigenvalue weighted by atomic mass is 10.2. The lowest BCUT2D eigenvalue weighted by molar-refractivity contribution is 0.0827. The summed E-state index contributed by atoms with van der Waals surface area (Å²) in [7, 11) is -0.498. The zero-order valence-corrected chi connectivity index (χ0v) is 14.0. The van der Waals surface area contributed by atoms with Gasteiger partial charge >= 0.3 is 0 Å². The number of amides is 1. The van der Waals surface area contributed by atoms with E-state index in [4.69, 9.17) is 0 Å². The molecular formula is C16H16N4O3S. The lowest BCUT2D eigenvalue weighted by Crippen LogP contribution is -2.21. The van der Waals surface area contributed by atoms with Crippen LogP contribution in [0.4, 0.5) is 5.69 Å². The molecule has 2 aromatic carbocycles. The van der Waals surface area contributed by atoms with Gasteiger partial charge in [0.15, 0.2) is 0 Å². The number of benzene rings is 2. The predicted octanol–water partition coefficient (Wildman–Crippen LogP) is 2.07. The molecule has 0 fully saturated rings. The zero-order valence-electron chi connectivity index (χ0n) is 13.1. The molecule has 0 aliphatic carbocycles. The Morgan fingerprint density at radius 1 is 1.12 bits per heavy atom. The van der Waals surface area contributed by atoms with Gasteiger partial charge in [-0.3, -0.25) is 9.52 Å². The molecule has 0 aliphatic rings. The van der Waals surface area contributed by atoms with Crippen molar-refractivity contribution in [1.29, 1.82) is 0 Å². The fourth-order valence-electron chi connectivity index (χ4n) is 2.29. The van der Waals surface area contributed by atoms with Crippen LogP contribution < -0.4 is 4.72 Å². The molecule has 0 saturated heterocycles. The molecule has 1 amide bonds. The molecule has 7 nitrogen and oxygen atoms in total. The summed E-state index contributed by atoms with van der Waals surface area (Å²) in [6.07, 6.45) is 1.50. The Morgan fingerprint density at radius 3 is 2.50 bits per heavy atom. The first-order chi connectivity index (χ1) is 11.4. The molecule has 2 N–H and O–H groups in total. The summed E-state index contributed by atoms with van der Waals surface area (Å²) in [5.74, 6) is -0.187. The quantitative estimate of drug-likeness (QED) is 0.757. The standard InChI is InChI=1S/C16H16N4O3S/c1-20(2)16(21)11-6-8-12(9-7-11)24(22,23)19-14-5-3-4-13-15(14)18-10-17-13/h3-10,19H,1-2H3,(H,17,18). The number of H-pyrrole nitrogens is 1. The molecule has 0 saturated carbocycles. The van der Waals surface area contributed by atoms with Crippen LogP contribution in [-0.2, 0) is 10.0 Å². The van der Waals surface area contributed by atoms with E-state index in [2.05, 4.69) is 14.7 Å². The van der Waals surface area contributed by atoms with Crippen LogP contribution in [0.25, 0.3) is 11.0 Å². The first-order valence-electron chi connectivity index (χ1n) is 7.15. The fraction of sp³-hybridized carbons (Fsp3) is 0.125. The number of hydrogen-bond donors (Lipinski definition) is 2. The van der Waals surface area contributed by atoms with E-state index in [9.17, 15) is 13.2 Å². The number of carbonyl (C=O) groups is 1. The van der Waals surface area contributed by atoms with Crippen molar-refractivity contribution in [2.24, 2.45) is 0 Å². The Labute approximate surface area is 139 Å². The summed E-state index contributed by atoms with van der Waals surface area (Å²) >= 11 is 0. The van der Waals surface area contributed by atoms with Gasteiger partial charge in [-0.25, -0.2) is 13.4 Å². The minimum Gasteiger partial charge on any atom is -0.345 e. The van der Waals surface area contributed by atoms with Crippen molar-refractivity contribution in [3.8, 4) is 0 Å². The van der Waals surface area contributed by atoms with Gasteiger partial charge < -0.3 is 9.88 Å². The predicted molar refractivity (Wildman–Crippen MR) is 91.4 cm³/mol. The van der Waals surface area contributed by atoms with Crippen molar-refractivity contribution in [2.75, 3.05) is 18.8 Å². The summed E-state index contributed by atoms with van der Waals surface area (Å²) in [4.78, 5) is 20.4. The van der Waals surface area contributed by atoms with E-state index in [1.54, 1.807) is 26.2 Å². The van der Waals surface area contributed by atoms with Gasteiger partial charge in [-0.2, -0.15) is 0 Å². The molecule has 8 heteroatoms. The molecule has 0 unspecified atom stereocenters. The lowest BCUT2D eigenvalue weighted by Gasteiger charge is -2.11. The number of aromatic nitrogens is 2. The maximum Gasteiger partial charge on any atom is 0.261 e. The molecule has 3 aromatic rings. The number of aromatic amines is 1. The Kier molecular flexibility index (Phi) is 3.98. The number of nitrogens with zero attached hydrogens (tertiary/aromatic N) is 2. The summed E-state index contributed by atoms with van der Waals surface area (Å²) in [5, 5.41) is 0. The highest BCUT2D eigenvalue weighted by atomic mass is 32.2. The van der Waals surface area contributed by atoms with Crippen LogP contribution >= 0.6 is 0 Å². The van der Waals surface area contributed by atoms with Gasteiger partial charge in [0.1, 0.15) is 5.52 Å². The van der Waals surface area contributed by atoms with Crippen LogP contribution in [0.1, 0.15) is 10.4 Å². The monoisotopic (exact) mass is 344 g/mol. The number of anilines is 1. The average Bonchev–Trinajstić information content (AvgIpc) is 3.03. The highest BCUT2D eigenvalue weighted by Crippen LogP contribution is 2.23. The number of sulfonamides is 1. The van der Waals surface area contributed by atoms with Crippen molar-refractivity contribution in [3.05, 3.63) is 54.4 Å². The largest absolute Gasteiger partial charge is 0.345 e. The normalized spacial score (nSPS) is 11.4. The third-order valence-electron chi connectivity index (χ3n) is 3.51. The molecule has 0 radical (unpaired) electrons. The van der Waals surface area contributed by atoms with Crippen molar-refractivity contribution in [3.63, 3.8) is 0 Å². The molecule has 0 bridgehead atoms. The topological polar surface area (TPSA) is 95.2 Å². The summed E-state index contributed by atoms with van der Waals surface area (Å²) in [6.45, 7) is 0. The van der Waals surface area contributed by atoms with Gasteiger partial charge in [-0.05, 0) is 36.4 Å². The second kappa shape index (κ2) is 5.97. The molecular weight excluding hydrogens is 328 g/mol. The smallest absolute Gasteiger partial charge is 0.261 e. The third-order valence-corrected chi connectivity index (χ3v) is 4.89. The molecule has 0 spiro atoms. The molecule has 1 heterocycles. The van der Waals surface area contributed by atoms with E-state index in [-0.39, 0.29) is 10.8 Å². The second-order valence-corrected chi connectivity index (χ2v) is 7.12. The fourth-order valence-corrected chi connectivity index (χ4v) is 3.35. The zero-order chi connectivity index (χ0) is 17.3. The van der Waals surface area contributed by atoms with Crippen molar-refractivity contribution in [2.45, 2.75) is 4.90 Å². The molecule has 0 atom stereocenters. The van der Waals surface area contributed by atoms with Crippen LogP contribution in [0.3, 0.4) is 0 Å². The van der Waals surface area contributed by atoms with Crippen LogP contribution in [0.5, 0.6) is 0 Å². The minimum absolute atomic E-state index is 0.0744. The van der Waals surface area contributed by atoms with Crippen molar-refractivity contribution in [1.82, 2.24) is 14.9 Å². The van der Waals surface area contributed by atoms with Gasteiger partial charge in [0.2, 0.25) is 0 Å². The first-order valence-corrected chi connectivity index (χ1v) is 8.63. The summed E-state index contributed by atoms with van der Waals surface area (Å²) in [5.41, 5.74) is 2.10. The Morgan fingerprint density at radius 2 is 1.83 bits per heavy atom. The number of rotatable bonds is 4. The average molecular weight is 344 g/mol. The van der Waals surface area contributed by atoms with E-state index < -0.39 is 10.0 Å². The molecule has 0 aliphatic heterocycles. The van der Waals surface area contributed by atoms with Gasteiger partial charge in [0, 0.05) is 19.7 Å². The molecule has 24 heavy (non-hydrogen) atoms. The van der Waals surface area contributed by atoms with E-state index >= 15 is 0 Å². The minimum atomic E-state index is -3.77. The number of fused-ring (bicyclic) bond motifs is 1. The van der Waals surface area contributed by atoms with Crippen LogP contribution in [-0.4, -0.2) is 43.3 Å². The maximum absolute atomic E-state index is 12.5. The van der Waals surface area contributed by atoms with Crippen LogP contribution in [0.15, 0.2) is 53.7 Å². The van der Waals surface area contributed by atoms with E-state index in [1.807, 2.05) is 6.07 Å². The highest BCUT2D eigenvalue weighted by Gasteiger charge is 2.17. The maximum atomic E-state index is 12.5. The Bertz CT molecular complexity index is 992. The molecule has 124 valence electrons. The third kappa shape index (κ3) is 2.95. The van der Waals surface area contributed by atoms with Crippen LogP contribution in [0, 0.1) is 0 Å². The van der Waals surface area contributed by atoms with Gasteiger partial charge in [0.05, 0.1) is 22.4 Å². The number of para-hydroxylation sites is 1. The SMILES string of the molecule is CN(C)C(=O)c1ccc(S(=O)(=O)Nc2cccc3[nH]cnc23)cc1. The number of nitrogens with one attached hydrogen (secondary N) is 2. The Hall–Kier alpha value is -2.87. The molecule has 1 aromatic heterocycles. The molecule has 3 rings (SSSR count). The summed E-state index contributed by atoms with van der Waals surface area (Å²) in [6, 6.07) is 11.0. The Balaban J connectivity index is 1.91.